The Balaban J connectivity index is 1.40. The number of hydrogen-bond acceptors (Lipinski definition) is 5. The maximum Gasteiger partial charge on any atom is 0.227 e. The summed E-state index contributed by atoms with van der Waals surface area (Å²) in [5.41, 5.74) is 3.44. The van der Waals surface area contributed by atoms with Crippen molar-refractivity contribution in [3.05, 3.63) is 84.9 Å². The van der Waals surface area contributed by atoms with Crippen LogP contribution in [0.2, 0.25) is 0 Å². The summed E-state index contributed by atoms with van der Waals surface area (Å²) < 4.78 is 5.23. The number of anilines is 1. The van der Waals surface area contributed by atoms with Crippen LogP contribution in [0.1, 0.15) is 12.3 Å². The maximum atomic E-state index is 12.4. The molecule has 0 atom stereocenters. The number of carbonyl (C=O) groups excluding carboxylic acids is 1. The van der Waals surface area contributed by atoms with E-state index in [0.29, 0.717) is 23.8 Å². The number of nitrogens with zero attached hydrogens (tertiary/aromatic N) is 3. The second-order valence-corrected chi connectivity index (χ2v) is 6.19. The summed E-state index contributed by atoms with van der Waals surface area (Å²) in [5.74, 6) is 0.721. The second kappa shape index (κ2) is 8.26. The van der Waals surface area contributed by atoms with Gasteiger partial charge in [-0.05, 0) is 23.8 Å². The molecule has 0 saturated heterocycles. The average molecular weight is 370 g/mol. The molecular weight excluding hydrogens is 352 g/mol. The monoisotopic (exact) mass is 370 g/mol. The molecule has 6 nitrogen and oxygen atoms in total. The minimum Gasteiger partial charge on any atom is -0.339 e. The van der Waals surface area contributed by atoms with E-state index in [9.17, 15) is 4.79 Å². The Kier molecular flexibility index (Phi) is 5.20. The molecule has 0 saturated carbocycles. The number of amides is 1. The van der Waals surface area contributed by atoms with Gasteiger partial charge < -0.3 is 9.84 Å². The normalized spacial score (nSPS) is 10.6. The molecule has 4 aromatic rings. The number of pyridine rings is 1. The van der Waals surface area contributed by atoms with Crippen LogP contribution in [0.4, 0.5) is 5.69 Å². The van der Waals surface area contributed by atoms with E-state index in [1.165, 1.54) is 0 Å². The van der Waals surface area contributed by atoms with Gasteiger partial charge in [0.25, 0.3) is 0 Å². The number of hydrogen-bond donors (Lipinski definition) is 1. The molecule has 0 bridgehead atoms. The fourth-order valence-corrected chi connectivity index (χ4v) is 2.85. The van der Waals surface area contributed by atoms with Crippen LogP contribution in [0.3, 0.4) is 0 Å². The van der Waals surface area contributed by atoms with Gasteiger partial charge in [0, 0.05) is 30.3 Å². The first kappa shape index (κ1) is 17.6. The van der Waals surface area contributed by atoms with Gasteiger partial charge >= 0.3 is 0 Å². The Labute approximate surface area is 162 Å². The molecule has 0 aliphatic heterocycles. The van der Waals surface area contributed by atoms with Gasteiger partial charge in [0.15, 0.2) is 0 Å². The van der Waals surface area contributed by atoms with Crippen molar-refractivity contribution in [2.24, 2.45) is 0 Å². The van der Waals surface area contributed by atoms with E-state index >= 15 is 0 Å². The summed E-state index contributed by atoms with van der Waals surface area (Å²) in [7, 11) is 0. The van der Waals surface area contributed by atoms with Crippen LogP contribution < -0.4 is 5.32 Å². The van der Waals surface area contributed by atoms with Gasteiger partial charge in [-0.2, -0.15) is 4.98 Å². The highest BCUT2D eigenvalue weighted by atomic mass is 16.5. The van der Waals surface area contributed by atoms with Gasteiger partial charge in [-0.25, -0.2) is 0 Å². The van der Waals surface area contributed by atoms with Gasteiger partial charge in [-0.1, -0.05) is 59.8 Å². The smallest absolute Gasteiger partial charge is 0.227 e. The third kappa shape index (κ3) is 4.12. The molecule has 0 spiro atoms. The lowest BCUT2D eigenvalue weighted by Gasteiger charge is -2.11. The van der Waals surface area contributed by atoms with E-state index in [-0.39, 0.29) is 12.3 Å². The zero-order chi connectivity index (χ0) is 19.2. The first-order valence-corrected chi connectivity index (χ1v) is 8.98. The standard InChI is InChI=1S/C22H18N4O2/c27-20(13-14-21-25-22(26-28-21)19-12-6-7-15-23-19)24-18-11-5-4-10-17(18)16-8-2-1-3-9-16/h1-12,15H,13-14H2,(H,24,27). The summed E-state index contributed by atoms with van der Waals surface area (Å²) in [5, 5.41) is 6.90. The first-order valence-electron chi connectivity index (χ1n) is 8.98. The van der Waals surface area contributed by atoms with Crippen LogP contribution in [0.25, 0.3) is 22.6 Å². The quantitative estimate of drug-likeness (QED) is 0.545. The van der Waals surface area contributed by atoms with Crippen molar-refractivity contribution in [1.29, 1.82) is 0 Å². The van der Waals surface area contributed by atoms with Gasteiger partial charge in [-0.3, -0.25) is 9.78 Å². The highest BCUT2D eigenvalue weighted by Gasteiger charge is 2.12. The number of rotatable bonds is 6. The third-order valence-electron chi connectivity index (χ3n) is 4.21. The Morgan fingerprint density at radius 3 is 2.54 bits per heavy atom. The molecule has 0 fully saturated rings. The lowest BCUT2D eigenvalue weighted by molar-refractivity contribution is -0.116. The molecule has 2 heterocycles. The predicted octanol–water partition coefficient (Wildman–Crippen LogP) is 4.37. The largest absolute Gasteiger partial charge is 0.339 e. The van der Waals surface area contributed by atoms with Crippen molar-refractivity contribution in [2.45, 2.75) is 12.8 Å². The van der Waals surface area contributed by atoms with Crippen LogP contribution in [0.15, 0.2) is 83.5 Å². The maximum absolute atomic E-state index is 12.4. The summed E-state index contributed by atoms with van der Waals surface area (Å²) in [6.45, 7) is 0. The molecule has 2 aromatic heterocycles. The molecule has 28 heavy (non-hydrogen) atoms. The molecule has 2 aromatic carbocycles. The molecule has 6 heteroatoms. The van der Waals surface area contributed by atoms with E-state index in [0.717, 1.165) is 16.8 Å². The Morgan fingerprint density at radius 1 is 0.929 bits per heavy atom. The Morgan fingerprint density at radius 2 is 1.71 bits per heavy atom. The molecule has 138 valence electrons. The van der Waals surface area contributed by atoms with Crippen molar-refractivity contribution < 1.29 is 9.32 Å². The van der Waals surface area contributed by atoms with E-state index in [1.54, 1.807) is 6.20 Å². The number of benzene rings is 2. The molecule has 0 aliphatic rings. The second-order valence-electron chi connectivity index (χ2n) is 6.19. The molecule has 0 aliphatic carbocycles. The fraction of sp³-hybridized carbons (Fsp3) is 0.0909. The number of carbonyl (C=O) groups is 1. The average Bonchev–Trinajstić information content (AvgIpc) is 3.23. The zero-order valence-corrected chi connectivity index (χ0v) is 15.1. The van der Waals surface area contributed by atoms with Crippen molar-refractivity contribution >= 4 is 11.6 Å². The predicted molar refractivity (Wildman–Crippen MR) is 106 cm³/mol. The highest BCUT2D eigenvalue weighted by Crippen LogP contribution is 2.27. The van der Waals surface area contributed by atoms with Crippen LogP contribution in [-0.2, 0) is 11.2 Å². The number of aryl methyl sites for hydroxylation is 1. The topological polar surface area (TPSA) is 80.9 Å². The zero-order valence-electron chi connectivity index (χ0n) is 15.1. The summed E-state index contributed by atoms with van der Waals surface area (Å²) in [6, 6.07) is 23.2. The van der Waals surface area contributed by atoms with Crippen molar-refractivity contribution in [1.82, 2.24) is 15.1 Å². The SMILES string of the molecule is O=C(CCc1nc(-c2ccccn2)no1)Nc1ccccc1-c1ccccc1. The van der Waals surface area contributed by atoms with Gasteiger partial charge in [0.05, 0.1) is 0 Å². The number of aromatic nitrogens is 3. The Bertz CT molecular complexity index is 1060. The summed E-state index contributed by atoms with van der Waals surface area (Å²) in [6.07, 6.45) is 2.27. The molecular formula is C22H18N4O2. The Hall–Kier alpha value is -3.80. The van der Waals surface area contributed by atoms with Crippen molar-refractivity contribution in [3.63, 3.8) is 0 Å². The van der Waals surface area contributed by atoms with Gasteiger partial charge in [0.1, 0.15) is 5.69 Å². The summed E-state index contributed by atoms with van der Waals surface area (Å²) >= 11 is 0. The first-order chi connectivity index (χ1) is 13.8. The van der Waals surface area contributed by atoms with Crippen LogP contribution in [0.5, 0.6) is 0 Å². The van der Waals surface area contributed by atoms with E-state index in [1.807, 2.05) is 72.8 Å². The number of nitrogens with one attached hydrogen (secondary N) is 1. The number of para-hydroxylation sites is 1. The lowest BCUT2D eigenvalue weighted by atomic mass is 10.0. The minimum absolute atomic E-state index is 0.110. The van der Waals surface area contributed by atoms with Crippen LogP contribution in [0, 0.1) is 0 Å². The van der Waals surface area contributed by atoms with E-state index in [2.05, 4.69) is 20.4 Å². The molecule has 1 N–H and O–H groups in total. The van der Waals surface area contributed by atoms with Crippen molar-refractivity contribution in [3.8, 4) is 22.6 Å². The molecule has 0 unspecified atom stereocenters. The molecule has 0 radical (unpaired) electrons. The fourth-order valence-electron chi connectivity index (χ4n) is 2.85. The van der Waals surface area contributed by atoms with Crippen LogP contribution >= 0.6 is 0 Å². The van der Waals surface area contributed by atoms with Gasteiger partial charge in [0.2, 0.25) is 17.6 Å². The molecule has 1 amide bonds. The molecule has 4 rings (SSSR count). The summed E-state index contributed by atoms with van der Waals surface area (Å²) in [4.78, 5) is 20.9. The van der Waals surface area contributed by atoms with E-state index in [4.69, 9.17) is 4.52 Å². The minimum atomic E-state index is -0.110. The van der Waals surface area contributed by atoms with Crippen LogP contribution in [-0.4, -0.2) is 21.0 Å². The van der Waals surface area contributed by atoms with Gasteiger partial charge in [-0.15, -0.1) is 0 Å². The highest BCUT2D eigenvalue weighted by molar-refractivity contribution is 5.95. The van der Waals surface area contributed by atoms with E-state index < -0.39 is 0 Å². The lowest BCUT2D eigenvalue weighted by Crippen LogP contribution is -2.13. The third-order valence-corrected chi connectivity index (χ3v) is 4.21. The van der Waals surface area contributed by atoms with Crippen molar-refractivity contribution in [2.75, 3.05) is 5.32 Å².